The maximum atomic E-state index is 13.0. The van der Waals surface area contributed by atoms with Crippen molar-refractivity contribution in [2.75, 3.05) is 39.3 Å². The first kappa shape index (κ1) is 18.8. The zero-order valence-corrected chi connectivity index (χ0v) is 16.7. The Kier molecular flexibility index (Phi) is 5.45. The van der Waals surface area contributed by atoms with Crippen molar-refractivity contribution in [3.05, 3.63) is 0 Å². The normalized spacial score (nSPS) is 28.6. The number of carbonyl (C=O) groups excluding carboxylic acids is 2. The molecule has 2 heterocycles. The molecule has 2 aliphatic heterocycles. The van der Waals surface area contributed by atoms with E-state index in [1.165, 1.54) is 32.1 Å². The second-order valence-electron chi connectivity index (χ2n) is 8.94. The molecule has 2 saturated heterocycles. The molecule has 0 unspecified atom stereocenters. The van der Waals surface area contributed by atoms with Crippen LogP contribution in [0.4, 0.5) is 0 Å². The first-order valence-corrected chi connectivity index (χ1v) is 10.9. The number of nitrogens with zero attached hydrogens (tertiary/aromatic N) is 3. The van der Waals surface area contributed by atoms with Crippen LogP contribution in [-0.4, -0.2) is 71.8 Å². The number of hydrogen-bond acceptors (Lipinski definition) is 3. The minimum atomic E-state index is -0.0605. The molecule has 1 atom stereocenters. The molecule has 2 saturated carbocycles. The van der Waals surface area contributed by atoms with Crippen LogP contribution in [0.2, 0.25) is 0 Å². The topological polar surface area (TPSA) is 43.9 Å². The summed E-state index contributed by atoms with van der Waals surface area (Å²) in [4.78, 5) is 31.6. The van der Waals surface area contributed by atoms with Crippen LogP contribution in [0.5, 0.6) is 0 Å². The molecule has 4 rings (SSSR count). The van der Waals surface area contributed by atoms with Crippen LogP contribution in [0.1, 0.15) is 58.3 Å². The second-order valence-corrected chi connectivity index (χ2v) is 8.94. The zero-order chi connectivity index (χ0) is 18.9. The van der Waals surface area contributed by atoms with E-state index in [2.05, 4.69) is 21.6 Å². The Labute approximate surface area is 163 Å². The van der Waals surface area contributed by atoms with E-state index in [1.54, 1.807) is 6.92 Å². The zero-order valence-electron chi connectivity index (χ0n) is 16.7. The lowest BCUT2D eigenvalue weighted by Gasteiger charge is -2.41. The highest BCUT2D eigenvalue weighted by molar-refractivity contribution is 5.93. The summed E-state index contributed by atoms with van der Waals surface area (Å²) in [5, 5.41) is 0. The van der Waals surface area contributed by atoms with Crippen molar-refractivity contribution in [1.82, 2.24) is 14.7 Å². The molecule has 5 heteroatoms. The Morgan fingerprint density at radius 3 is 2.19 bits per heavy atom. The summed E-state index contributed by atoms with van der Waals surface area (Å²) in [5.41, 5.74) is 0.175. The Hall–Kier alpha value is -1.54. The fraction of sp³-hybridized carbons (Fsp3) is 0.818. The SMILES string of the molecule is CC#CC(=O)N1CCC2(CC1)C[C@H]2C(=O)N1CCN(C2CCCCC2)CC1. The Morgan fingerprint density at radius 2 is 1.56 bits per heavy atom. The Bertz CT molecular complexity index is 628. The summed E-state index contributed by atoms with van der Waals surface area (Å²) in [6, 6.07) is 0.761. The number of hydrogen-bond donors (Lipinski definition) is 0. The van der Waals surface area contributed by atoms with Gasteiger partial charge in [0.05, 0.1) is 0 Å². The maximum absolute atomic E-state index is 13.0. The van der Waals surface area contributed by atoms with E-state index in [1.807, 2.05) is 4.90 Å². The molecule has 27 heavy (non-hydrogen) atoms. The number of likely N-dealkylation sites (tertiary alicyclic amines) is 1. The van der Waals surface area contributed by atoms with Gasteiger partial charge < -0.3 is 9.80 Å². The van der Waals surface area contributed by atoms with Gasteiger partial charge in [0.25, 0.3) is 5.91 Å². The third-order valence-electron chi connectivity index (χ3n) is 7.48. The van der Waals surface area contributed by atoms with Crippen molar-refractivity contribution in [1.29, 1.82) is 0 Å². The van der Waals surface area contributed by atoms with Gasteiger partial charge in [0.15, 0.2) is 0 Å². The summed E-state index contributed by atoms with van der Waals surface area (Å²) < 4.78 is 0. The number of piperidine rings is 1. The van der Waals surface area contributed by atoms with Gasteiger partial charge in [0, 0.05) is 51.2 Å². The second kappa shape index (κ2) is 7.83. The molecule has 0 aromatic heterocycles. The molecule has 5 nitrogen and oxygen atoms in total. The summed E-state index contributed by atoms with van der Waals surface area (Å²) >= 11 is 0. The third-order valence-corrected chi connectivity index (χ3v) is 7.48. The number of carbonyl (C=O) groups is 2. The van der Waals surface area contributed by atoms with Gasteiger partial charge in [-0.25, -0.2) is 0 Å². The van der Waals surface area contributed by atoms with Gasteiger partial charge in [-0.05, 0) is 50.4 Å². The third kappa shape index (κ3) is 3.87. The van der Waals surface area contributed by atoms with E-state index in [0.29, 0.717) is 5.91 Å². The minimum Gasteiger partial charge on any atom is -0.340 e. The Balaban J connectivity index is 1.25. The van der Waals surface area contributed by atoms with E-state index in [9.17, 15) is 9.59 Å². The number of amides is 2. The van der Waals surface area contributed by atoms with Crippen molar-refractivity contribution >= 4 is 11.8 Å². The van der Waals surface area contributed by atoms with Crippen LogP contribution in [0, 0.1) is 23.2 Å². The summed E-state index contributed by atoms with van der Waals surface area (Å²) in [6.07, 6.45) is 9.78. The predicted molar refractivity (Wildman–Crippen MR) is 105 cm³/mol. The van der Waals surface area contributed by atoms with Crippen LogP contribution in [0.25, 0.3) is 0 Å². The fourth-order valence-corrected chi connectivity index (χ4v) is 5.56. The highest BCUT2D eigenvalue weighted by Crippen LogP contribution is 2.60. The van der Waals surface area contributed by atoms with Crippen LogP contribution in [0.15, 0.2) is 0 Å². The van der Waals surface area contributed by atoms with E-state index in [0.717, 1.165) is 64.6 Å². The average molecular weight is 372 g/mol. The summed E-state index contributed by atoms with van der Waals surface area (Å²) in [6.45, 7) is 7.12. The van der Waals surface area contributed by atoms with E-state index in [4.69, 9.17) is 0 Å². The van der Waals surface area contributed by atoms with Crippen LogP contribution < -0.4 is 0 Å². The molecule has 0 aromatic rings. The highest BCUT2D eigenvalue weighted by atomic mass is 16.2. The van der Waals surface area contributed by atoms with Crippen molar-refractivity contribution in [3.8, 4) is 11.8 Å². The lowest BCUT2D eigenvalue weighted by Crippen LogP contribution is -2.53. The largest absolute Gasteiger partial charge is 0.340 e. The Morgan fingerprint density at radius 1 is 0.889 bits per heavy atom. The van der Waals surface area contributed by atoms with Gasteiger partial charge in [0.1, 0.15) is 0 Å². The predicted octanol–water partition coefficient (Wildman–Crippen LogP) is 2.12. The maximum Gasteiger partial charge on any atom is 0.298 e. The molecule has 148 valence electrons. The number of piperazine rings is 1. The van der Waals surface area contributed by atoms with Gasteiger partial charge in [-0.3, -0.25) is 14.5 Å². The molecular formula is C22H33N3O2. The standard InChI is InChI=1S/C22H33N3O2/c1-2-6-20(26)24-11-9-22(10-12-24)17-19(22)21(27)25-15-13-23(14-16-25)18-7-4-3-5-8-18/h18-19H,3-5,7-17H2,1H3/t19-/m0/s1. The van der Waals surface area contributed by atoms with Crippen LogP contribution in [0.3, 0.4) is 0 Å². The quantitative estimate of drug-likeness (QED) is 0.699. The van der Waals surface area contributed by atoms with E-state index in [-0.39, 0.29) is 17.2 Å². The molecule has 0 N–H and O–H groups in total. The van der Waals surface area contributed by atoms with Crippen LogP contribution >= 0.6 is 0 Å². The first-order chi connectivity index (χ1) is 13.1. The highest BCUT2D eigenvalue weighted by Gasteiger charge is 2.59. The lowest BCUT2D eigenvalue weighted by molar-refractivity contribution is -0.136. The van der Waals surface area contributed by atoms with E-state index < -0.39 is 0 Å². The average Bonchev–Trinajstić information content (AvgIpc) is 3.42. The molecule has 2 amide bonds. The molecule has 4 aliphatic rings. The molecule has 0 bridgehead atoms. The lowest BCUT2D eigenvalue weighted by atomic mass is 9.90. The molecule has 0 aromatic carbocycles. The minimum absolute atomic E-state index is 0.0605. The molecule has 1 spiro atoms. The molecule has 0 radical (unpaired) electrons. The van der Waals surface area contributed by atoms with Gasteiger partial charge in [-0.15, -0.1) is 0 Å². The first-order valence-electron chi connectivity index (χ1n) is 10.9. The van der Waals surface area contributed by atoms with Crippen molar-refractivity contribution < 1.29 is 9.59 Å². The van der Waals surface area contributed by atoms with Crippen molar-refractivity contribution in [3.63, 3.8) is 0 Å². The van der Waals surface area contributed by atoms with Gasteiger partial charge in [0.2, 0.25) is 5.91 Å². The van der Waals surface area contributed by atoms with Gasteiger partial charge >= 0.3 is 0 Å². The molecule has 2 aliphatic carbocycles. The summed E-state index contributed by atoms with van der Waals surface area (Å²) in [7, 11) is 0. The van der Waals surface area contributed by atoms with Crippen molar-refractivity contribution in [2.24, 2.45) is 11.3 Å². The molecule has 4 fully saturated rings. The number of rotatable bonds is 2. The van der Waals surface area contributed by atoms with Crippen LogP contribution in [-0.2, 0) is 9.59 Å². The summed E-state index contributed by atoms with van der Waals surface area (Å²) in [5.74, 6) is 5.85. The fourth-order valence-electron chi connectivity index (χ4n) is 5.56. The smallest absolute Gasteiger partial charge is 0.298 e. The van der Waals surface area contributed by atoms with Gasteiger partial charge in [-0.1, -0.05) is 25.2 Å². The monoisotopic (exact) mass is 371 g/mol. The molecular weight excluding hydrogens is 338 g/mol. The van der Waals surface area contributed by atoms with Gasteiger partial charge in [-0.2, -0.15) is 0 Å². The van der Waals surface area contributed by atoms with Crippen molar-refractivity contribution in [2.45, 2.75) is 64.3 Å². The van der Waals surface area contributed by atoms with E-state index >= 15 is 0 Å².